The molecule has 0 radical (unpaired) electrons. The molecule has 1 N–H and O–H groups in total. The summed E-state index contributed by atoms with van der Waals surface area (Å²) in [5, 5.41) is 4.29. The average Bonchev–Trinajstić information content (AvgIpc) is 1.85. The third kappa shape index (κ3) is 4.02. The fourth-order valence-electron chi connectivity index (χ4n) is 1.43. The Kier molecular flexibility index (Phi) is 3.26. The van der Waals surface area contributed by atoms with Crippen LogP contribution in [0.15, 0.2) is 0 Å². The van der Waals surface area contributed by atoms with E-state index in [-0.39, 0.29) is 0 Å². The normalized spacial score (nSPS) is 27.0. The molecule has 0 aliphatic carbocycles. The van der Waals surface area contributed by atoms with Crippen LogP contribution in [0.5, 0.6) is 0 Å². The summed E-state index contributed by atoms with van der Waals surface area (Å²) in [6.07, 6.45) is 1.34. The summed E-state index contributed by atoms with van der Waals surface area (Å²) in [5.74, 6) is 1.29. The Labute approximate surface area is 74.3 Å². The molecule has 0 bridgehead atoms. The van der Waals surface area contributed by atoms with Gasteiger partial charge >= 0.3 is 0 Å². The molecule has 1 aliphatic rings. The summed E-state index contributed by atoms with van der Waals surface area (Å²) in [6.45, 7) is 9.37. The molecule has 1 saturated heterocycles. The third-order valence-electron chi connectivity index (χ3n) is 1.84. The Morgan fingerprint density at radius 1 is 1.45 bits per heavy atom. The van der Waals surface area contributed by atoms with Crippen LogP contribution >= 0.6 is 11.8 Å². The van der Waals surface area contributed by atoms with Crippen LogP contribution in [0.4, 0.5) is 0 Å². The molecule has 0 aromatic rings. The van der Waals surface area contributed by atoms with Gasteiger partial charge in [-0.1, -0.05) is 20.8 Å². The van der Waals surface area contributed by atoms with Crippen LogP contribution < -0.4 is 5.32 Å². The van der Waals surface area contributed by atoms with Crippen LogP contribution in [0.3, 0.4) is 0 Å². The maximum Gasteiger partial charge on any atom is 0.0177 e. The van der Waals surface area contributed by atoms with Gasteiger partial charge in [0.25, 0.3) is 0 Å². The summed E-state index contributed by atoms with van der Waals surface area (Å²) < 4.78 is 0. The lowest BCUT2D eigenvalue weighted by Gasteiger charge is -2.28. The summed E-state index contributed by atoms with van der Waals surface area (Å²) in [4.78, 5) is 0. The van der Waals surface area contributed by atoms with Crippen molar-refractivity contribution in [2.24, 2.45) is 5.41 Å². The van der Waals surface area contributed by atoms with Crippen LogP contribution in [0.2, 0.25) is 0 Å². The maximum atomic E-state index is 3.44. The van der Waals surface area contributed by atoms with E-state index in [4.69, 9.17) is 0 Å². The zero-order valence-electron chi connectivity index (χ0n) is 7.81. The van der Waals surface area contributed by atoms with Gasteiger partial charge in [-0.3, -0.25) is 0 Å². The summed E-state index contributed by atoms with van der Waals surface area (Å²) in [6, 6.07) is 0. The molecule has 11 heavy (non-hydrogen) atoms. The highest BCUT2D eigenvalue weighted by atomic mass is 32.2. The lowest BCUT2D eigenvalue weighted by Crippen LogP contribution is -2.34. The highest BCUT2D eigenvalue weighted by Crippen LogP contribution is 2.28. The lowest BCUT2D eigenvalue weighted by molar-refractivity contribution is 0.366. The Morgan fingerprint density at radius 3 is 2.64 bits per heavy atom. The highest BCUT2D eigenvalue weighted by molar-refractivity contribution is 8.00. The number of hydrogen-bond donors (Lipinski definition) is 1. The van der Waals surface area contributed by atoms with Crippen molar-refractivity contribution in [3.05, 3.63) is 0 Å². The second-order valence-corrected chi connectivity index (χ2v) is 5.87. The van der Waals surface area contributed by atoms with Crippen molar-refractivity contribution in [3.63, 3.8) is 0 Å². The molecule has 1 unspecified atom stereocenters. The first-order valence-corrected chi connectivity index (χ1v) is 5.45. The largest absolute Gasteiger partial charge is 0.315 e. The second kappa shape index (κ2) is 3.81. The molecule has 66 valence electrons. The summed E-state index contributed by atoms with van der Waals surface area (Å²) >= 11 is 2.13. The fourth-order valence-corrected chi connectivity index (χ4v) is 2.88. The van der Waals surface area contributed by atoms with Gasteiger partial charge in [-0.05, 0) is 11.8 Å². The molecule has 2 heteroatoms. The maximum absolute atomic E-state index is 3.44. The van der Waals surface area contributed by atoms with Crippen LogP contribution in [0.25, 0.3) is 0 Å². The van der Waals surface area contributed by atoms with Gasteiger partial charge in [0, 0.05) is 24.1 Å². The minimum absolute atomic E-state index is 0.497. The Morgan fingerprint density at radius 2 is 2.18 bits per heavy atom. The molecule has 1 heterocycles. The van der Waals surface area contributed by atoms with Crippen LogP contribution in [-0.2, 0) is 0 Å². The molecule has 1 atom stereocenters. The molecule has 0 spiro atoms. The number of nitrogens with one attached hydrogen (secondary N) is 1. The monoisotopic (exact) mass is 173 g/mol. The number of rotatable bonds is 1. The molecule has 0 aromatic carbocycles. The van der Waals surface area contributed by atoms with E-state index in [1.807, 2.05) is 0 Å². The van der Waals surface area contributed by atoms with E-state index in [2.05, 4.69) is 37.8 Å². The fraction of sp³-hybridized carbons (Fsp3) is 1.00. The molecule has 1 nitrogen and oxygen atoms in total. The van der Waals surface area contributed by atoms with Crippen molar-refractivity contribution in [2.75, 3.05) is 18.8 Å². The Balaban J connectivity index is 2.24. The first kappa shape index (κ1) is 9.40. The van der Waals surface area contributed by atoms with E-state index < -0.39 is 0 Å². The minimum atomic E-state index is 0.497. The molecule has 1 rings (SSSR count). The van der Waals surface area contributed by atoms with Crippen LogP contribution in [-0.4, -0.2) is 24.1 Å². The minimum Gasteiger partial charge on any atom is -0.315 e. The Bertz CT molecular complexity index is 111. The van der Waals surface area contributed by atoms with Gasteiger partial charge in [-0.2, -0.15) is 11.8 Å². The van der Waals surface area contributed by atoms with E-state index in [1.54, 1.807) is 0 Å². The van der Waals surface area contributed by atoms with E-state index in [1.165, 1.54) is 25.3 Å². The smallest absolute Gasteiger partial charge is 0.0177 e. The molecule has 1 fully saturated rings. The molecule has 0 aromatic heterocycles. The average molecular weight is 173 g/mol. The topological polar surface area (TPSA) is 12.0 Å². The van der Waals surface area contributed by atoms with E-state index >= 15 is 0 Å². The quantitative estimate of drug-likeness (QED) is 0.652. The summed E-state index contributed by atoms with van der Waals surface area (Å²) in [7, 11) is 0. The van der Waals surface area contributed by atoms with Gasteiger partial charge in [0.15, 0.2) is 0 Å². The number of thioether (sulfide) groups is 1. The van der Waals surface area contributed by atoms with Gasteiger partial charge < -0.3 is 5.32 Å². The zero-order chi connectivity index (χ0) is 8.32. The predicted octanol–water partition coefficient (Wildman–Crippen LogP) is 2.13. The summed E-state index contributed by atoms with van der Waals surface area (Å²) in [5.41, 5.74) is 0.497. The zero-order valence-corrected chi connectivity index (χ0v) is 8.63. The first-order valence-electron chi connectivity index (χ1n) is 4.40. The van der Waals surface area contributed by atoms with Gasteiger partial charge in [0.2, 0.25) is 0 Å². The second-order valence-electron chi connectivity index (χ2n) is 4.46. The van der Waals surface area contributed by atoms with Crippen molar-refractivity contribution in [1.29, 1.82) is 0 Å². The van der Waals surface area contributed by atoms with Gasteiger partial charge in [0.05, 0.1) is 0 Å². The van der Waals surface area contributed by atoms with Crippen LogP contribution in [0, 0.1) is 5.41 Å². The lowest BCUT2D eigenvalue weighted by atomic mass is 9.90. The molecular formula is C9H19NS. The van der Waals surface area contributed by atoms with Crippen molar-refractivity contribution in [1.82, 2.24) is 5.32 Å². The van der Waals surface area contributed by atoms with Gasteiger partial charge in [-0.15, -0.1) is 0 Å². The van der Waals surface area contributed by atoms with Crippen molar-refractivity contribution in [2.45, 2.75) is 32.4 Å². The van der Waals surface area contributed by atoms with Crippen molar-refractivity contribution < 1.29 is 0 Å². The highest BCUT2D eigenvalue weighted by Gasteiger charge is 2.20. The SMILES string of the molecule is CC(C)(C)CC1CNCCS1. The molecule has 1 aliphatic heterocycles. The van der Waals surface area contributed by atoms with Crippen LogP contribution in [0.1, 0.15) is 27.2 Å². The van der Waals surface area contributed by atoms with Gasteiger partial charge in [0.1, 0.15) is 0 Å². The van der Waals surface area contributed by atoms with E-state index in [0.29, 0.717) is 5.41 Å². The van der Waals surface area contributed by atoms with E-state index in [9.17, 15) is 0 Å². The van der Waals surface area contributed by atoms with Gasteiger partial charge in [-0.25, -0.2) is 0 Å². The van der Waals surface area contributed by atoms with Crippen molar-refractivity contribution >= 4 is 11.8 Å². The Hall–Kier alpha value is 0.310. The molecule has 0 saturated carbocycles. The first-order chi connectivity index (χ1) is 5.08. The molecule has 0 amide bonds. The van der Waals surface area contributed by atoms with Crippen molar-refractivity contribution in [3.8, 4) is 0 Å². The number of hydrogen-bond acceptors (Lipinski definition) is 2. The predicted molar refractivity (Wildman–Crippen MR) is 53.2 cm³/mol. The standard InChI is InChI=1S/C9H19NS/c1-9(2,3)6-8-7-10-4-5-11-8/h8,10H,4-7H2,1-3H3. The third-order valence-corrected chi connectivity index (χ3v) is 3.09. The van der Waals surface area contributed by atoms with E-state index in [0.717, 1.165) is 5.25 Å². The molecular weight excluding hydrogens is 154 g/mol.